The van der Waals surface area contributed by atoms with E-state index in [0.717, 1.165) is 24.5 Å². The molecule has 24 heavy (non-hydrogen) atoms. The Morgan fingerprint density at radius 1 is 1.12 bits per heavy atom. The molecule has 0 saturated heterocycles. The second-order valence-electron chi connectivity index (χ2n) is 6.31. The molecule has 0 amide bonds. The zero-order valence-electron chi connectivity index (χ0n) is 13.7. The summed E-state index contributed by atoms with van der Waals surface area (Å²) >= 11 is 6.03. The van der Waals surface area contributed by atoms with Gasteiger partial charge in [-0.1, -0.05) is 41.4 Å². The van der Waals surface area contributed by atoms with E-state index in [1.54, 1.807) is 0 Å². The second kappa shape index (κ2) is 7.00. The van der Waals surface area contributed by atoms with Crippen LogP contribution in [0.4, 0.5) is 0 Å². The third-order valence-corrected chi connectivity index (χ3v) is 4.82. The van der Waals surface area contributed by atoms with E-state index in [4.69, 9.17) is 11.6 Å². The van der Waals surface area contributed by atoms with Crippen molar-refractivity contribution in [2.75, 3.05) is 0 Å². The van der Waals surface area contributed by atoms with E-state index in [-0.39, 0.29) is 12.4 Å². The highest BCUT2D eigenvalue weighted by molar-refractivity contribution is 6.30. The molecular weight excluding hydrogens is 339 g/mol. The normalized spacial score (nSPS) is 12.8. The Labute approximate surface area is 154 Å². The van der Waals surface area contributed by atoms with Crippen LogP contribution >= 0.6 is 11.6 Å². The number of halogens is 2. The Morgan fingerprint density at radius 2 is 1.92 bits per heavy atom. The first-order valence-corrected chi connectivity index (χ1v) is 8.52. The number of benzene rings is 2. The summed E-state index contributed by atoms with van der Waals surface area (Å²) in [6, 6.07) is 16.9. The van der Waals surface area contributed by atoms with Gasteiger partial charge in [0.25, 0.3) is 5.82 Å². The third kappa shape index (κ3) is 3.22. The number of hydrogen-bond acceptors (Lipinski definition) is 0. The molecule has 0 bridgehead atoms. The number of fused-ring (bicyclic) bond motifs is 1. The number of nitrogens with zero attached hydrogens (tertiary/aromatic N) is 2. The molecule has 0 spiro atoms. The van der Waals surface area contributed by atoms with Crippen LogP contribution in [0.15, 0.2) is 54.7 Å². The van der Waals surface area contributed by atoms with Gasteiger partial charge in [-0.2, -0.15) is 0 Å². The van der Waals surface area contributed by atoms with Gasteiger partial charge in [-0.05, 0) is 43.2 Å². The van der Waals surface area contributed by atoms with Crippen LogP contribution in [0.3, 0.4) is 0 Å². The number of rotatable bonds is 3. The summed E-state index contributed by atoms with van der Waals surface area (Å²) in [5.41, 5.74) is 5.21. The molecule has 0 fully saturated rings. The fourth-order valence-electron chi connectivity index (χ4n) is 3.50. The molecule has 0 saturated carbocycles. The van der Waals surface area contributed by atoms with Crippen LogP contribution in [0.5, 0.6) is 0 Å². The Kier molecular flexibility index (Phi) is 4.98. The summed E-state index contributed by atoms with van der Waals surface area (Å²) in [6.45, 7) is 4.19. The highest BCUT2D eigenvalue weighted by atomic mass is 35.5. The van der Waals surface area contributed by atoms with Crippen molar-refractivity contribution in [3.63, 3.8) is 0 Å². The number of aromatic nitrogens is 2. The van der Waals surface area contributed by atoms with Gasteiger partial charge in [-0.25, -0.2) is 9.13 Å². The number of imidazole rings is 1. The van der Waals surface area contributed by atoms with Crippen molar-refractivity contribution >= 4 is 11.6 Å². The van der Waals surface area contributed by atoms with Crippen LogP contribution in [0.2, 0.25) is 5.02 Å². The van der Waals surface area contributed by atoms with Crippen molar-refractivity contribution < 1.29 is 17.0 Å². The molecule has 2 aromatic carbocycles. The summed E-state index contributed by atoms with van der Waals surface area (Å²) in [7, 11) is 0. The first kappa shape index (κ1) is 17.1. The molecule has 124 valence electrons. The molecule has 0 atom stereocenters. The van der Waals surface area contributed by atoms with Crippen LogP contribution in [-0.4, -0.2) is 4.57 Å². The summed E-state index contributed by atoms with van der Waals surface area (Å²) in [6.07, 6.45) is 4.67. The minimum absolute atomic E-state index is 0. The van der Waals surface area contributed by atoms with Gasteiger partial charge in [0.1, 0.15) is 12.7 Å². The van der Waals surface area contributed by atoms with E-state index >= 15 is 0 Å². The minimum Gasteiger partial charge on any atom is -1.00 e. The summed E-state index contributed by atoms with van der Waals surface area (Å²) in [5.74, 6) is 1.43. The van der Waals surface area contributed by atoms with Crippen LogP contribution in [0.1, 0.15) is 23.4 Å². The van der Waals surface area contributed by atoms with Gasteiger partial charge in [0.15, 0.2) is 5.69 Å². The molecular formula is C20H20Cl2N2. The molecule has 4 rings (SSSR count). The summed E-state index contributed by atoms with van der Waals surface area (Å²) in [4.78, 5) is 0. The molecule has 0 aliphatic carbocycles. The molecule has 2 nitrogen and oxygen atoms in total. The molecule has 1 aliphatic heterocycles. The Balaban J connectivity index is 0.00000169. The van der Waals surface area contributed by atoms with Crippen molar-refractivity contribution in [2.24, 2.45) is 0 Å². The molecule has 4 heteroatoms. The van der Waals surface area contributed by atoms with Crippen molar-refractivity contribution in [1.82, 2.24) is 4.57 Å². The lowest BCUT2D eigenvalue weighted by Crippen LogP contribution is -3.00. The van der Waals surface area contributed by atoms with Gasteiger partial charge in [0, 0.05) is 10.6 Å². The summed E-state index contributed by atoms with van der Waals surface area (Å²) in [5, 5.41) is 0.787. The maximum Gasteiger partial charge on any atom is 0.257 e. The van der Waals surface area contributed by atoms with Crippen molar-refractivity contribution in [3.05, 3.63) is 76.7 Å². The standard InChI is InChI=1S/C20H20ClN2.ClH/c1-15-4-2-5-16(12-15)13-22-14-19(23-11-3-6-20(22)23)17-7-9-18(21)10-8-17;/h2,4-5,7-10,12,14H,3,6,11,13H2,1H3;1H/q+1;/p-1. The highest BCUT2D eigenvalue weighted by Crippen LogP contribution is 2.26. The first-order valence-electron chi connectivity index (χ1n) is 8.14. The molecule has 2 heterocycles. The third-order valence-electron chi connectivity index (χ3n) is 4.57. The van der Waals surface area contributed by atoms with Gasteiger partial charge < -0.3 is 12.4 Å². The van der Waals surface area contributed by atoms with Crippen LogP contribution in [0, 0.1) is 6.92 Å². The fraction of sp³-hybridized carbons (Fsp3) is 0.250. The Morgan fingerprint density at radius 3 is 2.67 bits per heavy atom. The summed E-state index contributed by atoms with van der Waals surface area (Å²) < 4.78 is 4.87. The lowest BCUT2D eigenvalue weighted by Gasteiger charge is -2.01. The van der Waals surface area contributed by atoms with E-state index in [9.17, 15) is 0 Å². The predicted molar refractivity (Wildman–Crippen MR) is 93.7 cm³/mol. The molecule has 1 aliphatic rings. The van der Waals surface area contributed by atoms with Gasteiger partial charge >= 0.3 is 0 Å². The zero-order valence-corrected chi connectivity index (χ0v) is 15.2. The largest absolute Gasteiger partial charge is 1.00 e. The lowest BCUT2D eigenvalue weighted by atomic mass is 10.1. The second-order valence-corrected chi connectivity index (χ2v) is 6.75. The zero-order chi connectivity index (χ0) is 15.8. The first-order chi connectivity index (χ1) is 11.2. The van der Waals surface area contributed by atoms with Gasteiger partial charge in [-0.15, -0.1) is 0 Å². The van der Waals surface area contributed by atoms with Gasteiger partial charge in [0.05, 0.1) is 13.0 Å². The maximum absolute atomic E-state index is 6.03. The quantitative estimate of drug-likeness (QED) is 0.626. The monoisotopic (exact) mass is 358 g/mol. The topological polar surface area (TPSA) is 8.81 Å². The number of aryl methyl sites for hydroxylation is 1. The molecule has 0 unspecified atom stereocenters. The van der Waals surface area contributed by atoms with Crippen LogP contribution in [0.25, 0.3) is 11.3 Å². The lowest BCUT2D eigenvalue weighted by molar-refractivity contribution is -0.694. The van der Waals surface area contributed by atoms with E-state index in [1.165, 1.54) is 34.6 Å². The van der Waals surface area contributed by atoms with Crippen molar-refractivity contribution in [2.45, 2.75) is 32.9 Å². The fourth-order valence-corrected chi connectivity index (χ4v) is 3.63. The van der Waals surface area contributed by atoms with E-state index in [2.05, 4.69) is 58.7 Å². The molecule has 1 aromatic heterocycles. The van der Waals surface area contributed by atoms with Crippen molar-refractivity contribution in [3.8, 4) is 11.3 Å². The average Bonchev–Trinajstić information content (AvgIpc) is 3.12. The molecule has 0 N–H and O–H groups in total. The van der Waals surface area contributed by atoms with Crippen molar-refractivity contribution in [1.29, 1.82) is 0 Å². The van der Waals surface area contributed by atoms with E-state index in [1.807, 2.05) is 12.1 Å². The minimum atomic E-state index is 0. The van der Waals surface area contributed by atoms with Crippen LogP contribution < -0.4 is 17.0 Å². The van der Waals surface area contributed by atoms with Gasteiger partial charge in [-0.3, -0.25) is 0 Å². The Bertz CT molecular complexity index is 851. The molecule has 0 radical (unpaired) electrons. The van der Waals surface area contributed by atoms with E-state index < -0.39 is 0 Å². The Hall–Kier alpha value is -1.77. The number of hydrogen-bond donors (Lipinski definition) is 0. The predicted octanol–water partition coefficient (Wildman–Crippen LogP) is 1.40. The highest BCUT2D eigenvalue weighted by Gasteiger charge is 2.28. The maximum atomic E-state index is 6.03. The van der Waals surface area contributed by atoms with Gasteiger partial charge in [0.2, 0.25) is 0 Å². The smallest absolute Gasteiger partial charge is 0.257 e. The average molecular weight is 359 g/mol. The van der Waals surface area contributed by atoms with E-state index in [0.29, 0.717) is 0 Å². The molecule has 3 aromatic rings. The van der Waals surface area contributed by atoms with Crippen LogP contribution in [-0.2, 0) is 19.5 Å². The SMILES string of the molecule is Cc1cccc(C[n+]2cc(-c3ccc(Cl)cc3)n3c2CCC3)c1.[Cl-].